The molecule has 6 heteroatoms. The van der Waals surface area contributed by atoms with Crippen LogP contribution in [0.15, 0.2) is 0 Å². The van der Waals surface area contributed by atoms with Gasteiger partial charge in [0.2, 0.25) is 0 Å². The first-order valence-corrected chi connectivity index (χ1v) is 2.71. The van der Waals surface area contributed by atoms with Crippen molar-refractivity contribution in [3.8, 4) is 0 Å². The van der Waals surface area contributed by atoms with Crippen molar-refractivity contribution in [3.63, 3.8) is 0 Å². The summed E-state index contributed by atoms with van der Waals surface area (Å²) in [5, 5.41) is 16.2. The second-order valence-corrected chi connectivity index (χ2v) is 1.96. The molecule has 4 N–H and O–H groups in total. The molecule has 0 aromatic rings. The number of hydrogen-bond donors (Lipinski definition) is 3. The summed E-state index contributed by atoms with van der Waals surface area (Å²) < 4.78 is 0. The molecule has 0 saturated carbocycles. The molecule has 0 bridgehead atoms. The van der Waals surface area contributed by atoms with Crippen LogP contribution in [0.25, 0.3) is 0 Å². The van der Waals surface area contributed by atoms with Crippen LogP contribution in [0.5, 0.6) is 0 Å². The van der Waals surface area contributed by atoms with Gasteiger partial charge < -0.3 is 15.9 Å². The third-order valence-corrected chi connectivity index (χ3v) is 0.874. The summed E-state index contributed by atoms with van der Waals surface area (Å²) in [6.07, 6.45) is -0.599. The van der Waals surface area contributed by atoms with Crippen molar-refractivity contribution >= 4 is 11.9 Å². The Balaban J connectivity index is 0. The van der Waals surface area contributed by atoms with Crippen LogP contribution in [-0.2, 0) is 32.0 Å². The van der Waals surface area contributed by atoms with Crippen LogP contribution >= 0.6 is 0 Å². The third kappa shape index (κ3) is 9.64. The second-order valence-electron chi connectivity index (χ2n) is 1.96. The molecule has 69 valence electrons. The molecule has 0 amide bonds. The number of rotatable bonds is 4. The number of aliphatic carboxylic acids is 2. The van der Waals surface area contributed by atoms with Gasteiger partial charge in [-0.1, -0.05) is 0 Å². The Morgan fingerprint density at radius 1 is 1.18 bits per heavy atom. The smallest absolute Gasteiger partial charge is 0.304 e. The number of carboxylic acid groups (broad SMARTS) is 2. The molecule has 0 fully saturated rings. The minimum absolute atomic E-state index is 0. The van der Waals surface area contributed by atoms with Gasteiger partial charge in [-0.2, -0.15) is 0 Å². The summed E-state index contributed by atoms with van der Waals surface area (Å²) in [5.74, 6) is -2.15. The molecule has 0 aromatic heterocycles. The van der Waals surface area contributed by atoms with Gasteiger partial charge in [-0.3, -0.25) is 9.59 Å². The van der Waals surface area contributed by atoms with E-state index in [0.29, 0.717) is 0 Å². The molecule has 0 aliphatic carbocycles. The fourth-order valence-electron chi connectivity index (χ4n) is 0.521. The van der Waals surface area contributed by atoms with Crippen molar-refractivity contribution < 1.29 is 42.2 Å². The molecule has 0 aliphatic heterocycles. The van der Waals surface area contributed by atoms with Gasteiger partial charge in [-0.25, -0.2) is 0 Å². The Labute approximate surface area is 79.1 Å². The Hall–Kier alpha value is -0.360. The monoisotopic (exact) mass is 254 g/mol. The molecule has 0 unspecified atom stereocenters. The number of carbonyl (C=O) groups is 2. The minimum Gasteiger partial charge on any atom is -0.481 e. The van der Waals surface area contributed by atoms with E-state index in [1.807, 2.05) is 0 Å². The molecule has 5 nitrogen and oxygen atoms in total. The zero-order chi connectivity index (χ0) is 8.15. The molecule has 0 rings (SSSR count). The maximum Gasteiger partial charge on any atom is 0.304 e. The maximum atomic E-state index is 9.92. The third-order valence-electron chi connectivity index (χ3n) is 0.874. The zero-order valence-electron chi connectivity index (χ0n) is 5.58. The summed E-state index contributed by atoms with van der Waals surface area (Å²) in [7, 11) is 0. The molecule has 11 heavy (non-hydrogen) atoms. The van der Waals surface area contributed by atoms with Crippen LogP contribution in [0.1, 0.15) is 12.8 Å². The van der Waals surface area contributed by atoms with E-state index in [4.69, 9.17) is 15.9 Å². The van der Waals surface area contributed by atoms with E-state index >= 15 is 0 Å². The molecule has 0 saturated heterocycles. The predicted molar refractivity (Wildman–Crippen MR) is 32.5 cm³/mol. The van der Waals surface area contributed by atoms with E-state index in [0.717, 1.165) is 0 Å². The van der Waals surface area contributed by atoms with E-state index < -0.39 is 18.0 Å². The van der Waals surface area contributed by atoms with Crippen LogP contribution < -0.4 is 5.73 Å². The van der Waals surface area contributed by atoms with Gasteiger partial charge in [-0.15, -0.1) is 0 Å². The number of hydrogen-bond acceptors (Lipinski definition) is 3. The molecule has 0 heterocycles. The van der Waals surface area contributed by atoms with Gasteiger partial charge in [0, 0.05) is 28.4 Å². The number of carboxylic acids is 2. The van der Waals surface area contributed by atoms with Crippen LogP contribution in [0.3, 0.4) is 0 Å². The first-order valence-electron chi connectivity index (χ1n) is 2.71. The largest absolute Gasteiger partial charge is 0.481 e. The van der Waals surface area contributed by atoms with Gasteiger partial charge >= 0.3 is 11.9 Å². The first-order chi connectivity index (χ1) is 4.52. The summed E-state index contributed by atoms with van der Waals surface area (Å²) in [6, 6.07) is -0.782. The summed E-state index contributed by atoms with van der Waals surface area (Å²) in [6.45, 7) is 0. The fourth-order valence-corrected chi connectivity index (χ4v) is 0.521. The topological polar surface area (TPSA) is 101 Å². The van der Waals surface area contributed by atoms with Gasteiger partial charge in [-0.05, 0) is 0 Å². The quantitative estimate of drug-likeness (QED) is 0.574. The summed E-state index contributed by atoms with van der Waals surface area (Å²) >= 11 is 0. The van der Waals surface area contributed by atoms with Gasteiger partial charge in [0.25, 0.3) is 0 Å². The van der Waals surface area contributed by atoms with Crippen LogP contribution in [0.2, 0.25) is 0 Å². The second kappa shape index (κ2) is 6.36. The maximum absolute atomic E-state index is 9.92. The van der Waals surface area contributed by atoms with Crippen molar-refractivity contribution in [2.45, 2.75) is 18.9 Å². The van der Waals surface area contributed by atoms with Crippen molar-refractivity contribution in [2.75, 3.05) is 0 Å². The Morgan fingerprint density at radius 2 is 1.45 bits per heavy atom. The molecule has 0 atom stereocenters. The van der Waals surface area contributed by atoms with Crippen molar-refractivity contribution in [2.24, 2.45) is 5.73 Å². The van der Waals surface area contributed by atoms with Crippen LogP contribution in [0.4, 0.5) is 0 Å². The summed E-state index contributed by atoms with van der Waals surface area (Å²) in [5.41, 5.74) is 5.11. The van der Waals surface area contributed by atoms with Crippen LogP contribution in [-0.4, -0.2) is 28.2 Å². The molecule has 0 aromatic carbocycles. The van der Waals surface area contributed by atoms with Gasteiger partial charge in [0.15, 0.2) is 0 Å². The van der Waals surface area contributed by atoms with Gasteiger partial charge in [0.1, 0.15) is 0 Å². The predicted octanol–water partition coefficient (Wildman–Crippen LogP) is -0.739. The van der Waals surface area contributed by atoms with Crippen LogP contribution in [0, 0.1) is 0 Å². The molecular weight excluding hydrogens is 246 g/mol. The Morgan fingerprint density at radius 3 is 1.64 bits per heavy atom. The average Bonchev–Trinajstić information content (AvgIpc) is 1.58. The number of nitrogens with two attached hydrogens (primary N) is 1. The fraction of sp³-hybridized carbons (Fsp3) is 0.600. The first kappa shape index (κ1) is 13.2. The van der Waals surface area contributed by atoms with Crippen molar-refractivity contribution in [1.82, 2.24) is 0 Å². The van der Waals surface area contributed by atoms with E-state index in [-0.39, 0.29) is 35.2 Å². The van der Waals surface area contributed by atoms with Gasteiger partial charge in [0.05, 0.1) is 12.8 Å². The van der Waals surface area contributed by atoms with E-state index in [2.05, 4.69) is 0 Å². The average molecular weight is 255 g/mol. The normalized spacial score (nSPS) is 8.91. The van der Waals surface area contributed by atoms with E-state index in [1.54, 1.807) is 0 Å². The Kier molecular flexibility index (Phi) is 7.65. The molecule has 0 aliphatic rings. The Bertz CT molecular complexity index is 133. The zero-order valence-corrected chi connectivity index (χ0v) is 7.06. The standard InChI is InChI=1S/C5H9NO4.Ag/c6-3(1-4(7)8)2-5(9)10;/h3H,1-2,6H2,(H,7,8)(H,9,10);. The SMILES string of the molecule is NC(CC(=O)O)CC(=O)O.[Ag]. The minimum atomic E-state index is -1.08. The molecular formula is C5H9AgNO4. The van der Waals surface area contributed by atoms with E-state index in [1.165, 1.54) is 0 Å². The molecule has 0 spiro atoms. The summed E-state index contributed by atoms with van der Waals surface area (Å²) in [4.78, 5) is 19.8. The van der Waals surface area contributed by atoms with Crippen molar-refractivity contribution in [1.29, 1.82) is 0 Å². The molecule has 1 radical (unpaired) electrons. The van der Waals surface area contributed by atoms with Crippen molar-refractivity contribution in [3.05, 3.63) is 0 Å². The van der Waals surface area contributed by atoms with E-state index in [9.17, 15) is 9.59 Å².